The molecule has 104 valence electrons. The summed E-state index contributed by atoms with van der Waals surface area (Å²) >= 11 is 0. The number of nitrogens with one attached hydrogen (secondary N) is 1. The fraction of sp³-hybridized carbons (Fsp3) is 0.692. The van der Waals surface area contributed by atoms with E-state index >= 15 is 0 Å². The number of rotatable bonds is 6. The molecule has 2 rings (SSSR count). The van der Waals surface area contributed by atoms with E-state index < -0.39 is 5.97 Å². The van der Waals surface area contributed by atoms with E-state index in [9.17, 15) is 4.79 Å². The van der Waals surface area contributed by atoms with E-state index in [-0.39, 0.29) is 12.0 Å². The Labute approximate surface area is 112 Å². The number of nitrogens with zero attached hydrogens (tertiary/aromatic N) is 3. The molecule has 1 saturated carbocycles. The minimum Gasteiger partial charge on any atom is -0.481 e. The maximum Gasteiger partial charge on any atom is 0.305 e. The molecule has 0 amide bonds. The van der Waals surface area contributed by atoms with Gasteiger partial charge in [-0.1, -0.05) is 13.8 Å². The lowest BCUT2D eigenvalue weighted by molar-refractivity contribution is -0.138. The molecule has 0 atom stereocenters. The molecule has 1 heterocycles. The molecular formula is C13H20N4O2. The molecular weight excluding hydrogens is 244 g/mol. The largest absolute Gasteiger partial charge is 0.481 e. The van der Waals surface area contributed by atoms with Crippen molar-refractivity contribution in [3.05, 3.63) is 11.4 Å². The molecule has 0 aromatic carbocycles. The fourth-order valence-electron chi connectivity index (χ4n) is 2.47. The molecule has 1 aliphatic carbocycles. The highest BCUT2D eigenvalue weighted by Crippen LogP contribution is 2.37. The molecule has 1 aromatic heterocycles. The molecule has 0 radical (unpaired) electrons. The first kappa shape index (κ1) is 13.7. The Bertz CT molecular complexity index is 472. The number of carboxylic acids is 1. The standard InChI is InChI=1S/C13H20N4O2/c1-3-9-10(4-2)16-17-12(14-9)15-13(6-5-7-13)8-11(18)19/h3-8H2,1-2H3,(H,18,19)(H,14,15,17). The SMILES string of the molecule is CCc1nnc(NC2(CC(=O)O)CCC2)nc1CC. The van der Waals surface area contributed by atoms with Crippen LogP contribution in [0.25, 0.3) is 0 Å². The van der Waals surface area contributed by atoms with Gasteiger partial charge in [-0.15, -0.1) is 5.10 Å². The van der Waals surface area contributed by atoms with Crippen LogP contribution >= 0.6 is 0 Å². The van der Waals surface area contributed by atoms with Gasteiger partial charge in [0, 0.05) is 0 Å². The van der Waals surface area contributed by atoms with Crippen LogP contribution < -0.4 is 5.32 Å². The number of hydrogen-bond acceptors (Lipinski definition) is 5. The van der Waals surface area contributed by atoms with Gasteiger partial charge in [0.1, 0.15) is 0 Å². The average Bonchev–Trinajstić information content (AvgIpc) is 2.35. The van der Waals surface area contributed by atoms with Gasteiger partial charge < -0.3 is 10.4 Å². The molecule has 6 nitrogen and oxygen atoms in total. The lowest BCUT2D eigenvalue weighted by Crippen LogP contribution is -2.47. The third-order valence-corrected chi connectivity index (χ3v) is 3.69. The molecule has 2 N–H and O–H groups in total. The number of hydrogen-bond donors (Lipinski definition) is 2. The topological polar surface area (TPSA) is 88.0 Å². The van der Waals surface area contributed by atoms with Gasteiger partial charge >= 0.3 is 5.97 Å². The zero-order chi connectivity index (χ0) is 13.9. The van der Waals surface area contributed by atoms with E-state index in [0.29, 0.717) is 5.95 Å². The minimum atomic E-state index is -0.791. The third-order valence-electron chi connectivity index (χ3n) is 3.69. The smallest absolute Gasteiger partial charge is 0.305 e. The highest BCUT2D eigenvalue weighted by molar-refractivity contribution is 5.69. The normalized spacial score (nSPS) is 16.7. The highest BCUT2D eigenvalue weighted by atomic mass is 16.4. The summed E-state index contributed by atoms with van der Waals surface area (Å²) < 4.78 is 0. The highest BCUT2D eigenvalue weighted by Gasteiger charge is 2.39. The number of aromatic nitrogens is 3. The molecule has 19 heavy (non-hydrogen) atoms. The van der Waals surface area contributed by atoms with Crippen molar-refractivity contribution in [1.29, 1.82) is 0 Å². The Morgan fingerprint density at radius 2 is 1.95 bits per heavy atom. The van der Waals surface area contributed by atoms with Gasteiger partial charge in [0.25, 0.3) is 0 Å². The van der Waals surface area contributed by atoms with E-state index in [1.165, 1.54) is 0 Å². The maximum absolute atomic E-state index is 10.9. The van der Waals surface area contributed by atoms with Crippen LogP contribution in [0.2, 0.25) is 0 Å². The number of aliphatic carboxylic acids is 1. The summed E-state index contributed by atoms with van der Waals surface area (Å²) in [5.41, 5.74) is 1.46. The summed E-state index contributed by atoms with van der Waals surface area (Å²) in [6.07, 6.45) is 4.46. The van der Waals surface area contributed by atoms with Crippen LogP contribution in [0, 0.1) is 0 Å². The quantitative estimate of drug-likeness (QED) is 0.814. The molecule has 0 unspecified atom stereocenters. The van der Waals surface area contributed by atoms with Crippen molar-refractivity contribution in [1.82, 2.24) is 15.2 Å². The van der Waals surface area contributed by atoms with Gasteiger partial charge in [0.05, 0.1) is 23.3 Å². The van der Waals surface area contributed by atoms with Gasteiger partial charge in [0.2, 0.25) is 5.95 Å². The van der Waals surface area contributed by atoms with Crippen molar-refractivity contribution in [3.63, 3.8) is 0 Å². The average molecular weight is 264 g/mol. The van der Waals surface area contributed by atoms with E-state index in [1.54, 1.807) is 0 Å². The zero-order valence-corrected chi connectivity index (χ0v) is 11.4. The Morgan fingerprint density at radius 1 is 1.26 bits per heavy atom. The predicted octanol–water partition coefficient (Wildman–Crippen LogP) is 1.81. The van der Waals surface area contributed by atoms with Gasteiger partial charge in [-0.3, -0.25) is 4.79 Å². The van der Waals surface area contributed by atoms with Crippen molar-refractivity contribution in [2.75, 3.05) is 5.32 Å². The molecule has 0 bridgehead atoms. The van der Waals surface area contributed by atoms with E-state index in [2.05, 4.69) is 20.5 Å². The first-order valence-electron chi connectivity index (χ1n) is 6.81. The summed E-state index contributed by atoms with van der Waals surface area (Å²) in [5.74, 6) is -0.337. The van der Waals surface area contributed by atoms with Crippen LogP contribution in [0.5, 0.6) is 0 Å². The van der Waals surface area contributed by atoms with Crippen LogP contribution in [0.3, 0.4) is 0 Å². The zero-order valence-electron chi connectivity index (χ0n) is 11.4. The van der Waals surface area contributed by atoms with Crippen LogP contribution in [-0.2, 0) is 17.6 Å². The Kier molecular flexibility index (Phi) is 3.97. The molecule has 0 saturated heterocycles. The molecule has 1 fully saturated rings. The number of carbonyl (C=O) groups is 1. The molecule has 1 aromatic rings. The van der Waals surface area contributed by atoms with E-state index in [4.69, 9.17) is 5.11 Å². The first-order valence-corrected chi connectivity index (χ1v) is 6.81. The van der Waals surface area contributed by atoms with Crippen molar-refractivity contribution < 1.29 is 9.90 Å². The van der Waals surface area contributed by atoms with Crippen LogP contribution in [0.1, 0.15) is 50.9 Å². The van der Waals surface area contributed by atoms with Gasteiger partial charge in [0.15, 0.2) is 0 Å². The Balaban J connectivity index is 2.16. The molecule has 1 aliphatic rings. The van der Waals surface area contributed by atoms with Crippen molar-refractivity contribution in [2.45, 2.75) is 57.9 Å². The second-order valence-electron chi connectivity index (χ2n) is 5.07. The van der Waals surface area contributed by atoms with Crippen LogP contribution in [0.15, 0.2) is 0 Å². The monoisotopic (exact) mass is 264 g/mol. The predicted molar refractivity (Wildman–Crippen MR) is 71.0 cm³/mol. The van der Waals surface area contributed by atoms with Gasteiger partial charge in [-0.2, -0.15) is 5.10 Å². The van der Waals surface area contributed by atoms with Crippen molar-refractivity contribution >= 4 is 11.9 Å². The fourth-order valence-corrected chi connectivity index (χ4v) is 2.47. The number of aryl methyl sites for hydroxylation is 2. The van der Waals surface area contributed by atoms with E-state index in [0.717, 1.165) is 43.5 Å². The van der Waals surface area contributed by atoms with Crippen LogP contribution in [0.4, 0.5) is 5.95 Å². The van der Waals surface area contributed by atoms with E-state index in [1.807, 2.05) is 13.8 Å². The first-order chi connectivity index (χ1) is 9.08. The second-order valence-corrected chi connectivity index (χ2v) is 5.07. The third kappa shape index (κ3) is 3.00. The van der Waals surface area contributed by atoms with Gasteiger partial charge in [-0.05, 0) is 32.1 Å². The summed E-state index contributed by atoms with van der Waals surface area (Å²) in [7, 11) is 0. The summed E-state index contributed by atoms with van der Waals surface area (Å²) in [6.45, 7) is 4.05. The Morgan fingerprint density at radius 3 is 2.42 bits per heavy atom. The lowest BCUT2D eigenvalue weighted by atomic mass is 9.74. The van der Waals surface area contributed by atoms with Crippen molar-refractivity contribution in [2.24, 2.45) is 0 Å². The van der Waals surface area contributed by atoms with Crippen molar-refractivity contribution in [3.8, 4) is 0 Å². The summed E-state index contributed by atoms with van der Waals surface area (Å²) in [4.78, 5) is 15.4. The number of carboxylic acid groups (broad SMARTS) is 1. The van der Waals surface area contributed by atoms with Gasteiger partial charge in [-0.25, -0.2) is 4.98 Å². The molecule has 0 spiro atoms. The molecule has 0 aliphatic heterocycles. The summed E-state index contributed by atoms with van der Waals surface area (Å²) in [5, 5.41) is 20.4. The lowest BCUT2D eigenvalue weighted by Gasteiger charge is -2.41. The van der Waals surface area contributed by atoms with Crippen LogP contribution in [-0.4, -0.2) is 31.8 Å². The second kappa shape index (κ2) is 5.50. The summed E-state index contributed by atoms with van der Waals surface area (Å²) in [6, 6.07) is 0. The molecule has 6 heteroatoms. The minimum absolute atomic E-state index is 0.105. The Hall–Kier alpha value is -1.72. The number of anilines is 1. The maximum atomic E-state index is 10.9.